The zero-order valence-corrected chi connectivity index (χ0v) is 9.83. The van der Waals surface area contributed by atoms with Gasteiger partial charge in [0, 0.05) is 26.1 Å². The highest BCUT2D eigenvalue weighted by molar-refractivity contribution is 5.72. The van der Waals surface area contributed by atoms with Gasteiger partial charge in [-0.3, -0.25) is 4.79 Å². The van der Waals surface area contributed by atoms with Crippen LogP contribution in [0.4, 0.5) is 0 Å². The van der Waals surface area contributed by atoms with Crippen LogP contribution in [0.3, 0.4) is 0 Å². The third kappa shape index (κ3) is 3.80. The predicted molar refractivity (Wildman–Crippen MR) is 61.5 cm³/mol. The lowest BCUT2D eigenvalue weighted by Crippen LogP contribution is -2.41. The molecule has 88 valence electrons. The Kier molecular flexibility index (Phi) is 5.05. The van der Waals surface area contributed by atoms with E-state index in [9.17, 15) is 4.79 Å². The molecule has 0 aromatic heterocycles. The summed E-state index contributed by atoms with van der Waals surface area (Å²) in [5.41, 5.74) is 5.74. The SMILES string of the molecule is CC(=O)NCCN(C)C1CCCC1CN. The minimum absolute atomic E-state index is 0.0465. The van der Waals surface area contributed by atoms with Crippen molar-refractivity contribution in [3.05, 3.63) is 0 Å². The van der Waals surface area contributed by atoms with Gasteiger partial charge in [0.15, 0.2) is 0 Å². The molecule has 1 aliphatic rings. The molecule has 0 aromatic carbocycles. The van der Waals surface area contributed by atoms with Crippen molar-refractivity contribution in [2.45, 2.75) is 32.2 Å². The summed E-state index contributed by atoms with van der Waals surface area (Å²) in [6, 6.07) is 0.615. The summed E-state index contributed by atoms with van der Waals surface area (Å²) in [5.74, 6) is 0.692. The van der Waals surface area contributed by atoms with Crippen LogP contribution in [-0.2, 0) is 4.79 Å². The second kappa shape index (κ2) is 6.08. The van der Waals surface area contributed by atoms with Crippen molar-refractivity contribution >= 4 is 5.91 Å². The van der Waals surface area contributed by atoms with E-state index in [0.717, 1.165) is 19.6 Å². The van der Waals surface area contributed by atoms with E-state index >= 15 is 0 Å². The van der Waals surface area contributed by atoms with Crippen LogP contribution in [0, 0.1) is 5.92 Å². The average molecular weight is 213 g/mol. The summed E-state index contributed by atoms with van der Waals surface area (Å²) in [7, 11) is 2.13. The largest absolute Gasteiger partial charge is 0.355 e. The van der Waals surface area contributed by atoms with E-state index in [4.69, 9.17) is 5.73 Å². The Morgan fingerprint density at radius 3 is 2.87 bits per heavy atom. The van der Waals surface area contributed by atoms with Crippen LogP contribution in [0.25, 0.3) is 0 Å². The van der Waals surface area contributed by atoms with Gasteiger partial charge in [0.05, 0.1) is 0 Å². The fraction of sp³-hybridized carbons (Fsp3) is 0.909. The number of rotatable bonds is 5. The molecule has 1 aliphatic carbocycles. The van der Waals surface area contributed by atoms with E-state index in [1.807, 2.05) is 0 Å². The quantitative estimate of drug-likeness (QED) is 0.685. The highest BCUT2D eigenvalue weighted by atomic mass is 16.1. The molecule has 0 aliphatic heterocycles. The second-order valence-corrected chi connectivity index (χ2v) is 4.46. The third-order valence-electron chi connectivity index (χ3n) is 3.33. The molecule has 4 nitrogen and oxygen atoms in total. The molecule has 0 saturated heterocycles. The Hall–Kier alpha value is -0.610. The molecule has 3 N–H and O–H groups in total. The van der Waals surface area contributed by atoms with Crippen molar-refractivity contribution in [3.8, 4) is 0 Å². The van der Waals surface area contributed by atoms with Crippen molar-refractivity contribution in [3.63, 3.8) is 0 Å². The third-order valence-corrected chi connectivity index (χ3v) is 3.33. The molecule has 1 saturated carbocycles. The van der Waals surface area contributed by atoms with Gasteiger partial charge in [-0.1, -0.05) is 6.42 Å². The molecule has 0 aromatic rings. The molecule has 0 radical (unpaired) electrons. The first-order valence-corrected chi connectivity index (χ1v) is 5.80. The van der Waals surface area contributed by atoms with Gasteiger partial charge in [-0.25, -0.2) is 0 Å². The van der Waals surface area contributed by atoms with Crippen LogP contribution in [0.1, 0.15) is 26.2 Å². The average Bonchev–Trinajstić information content (AvgIpc) is 2.64. The maximum Gasteiger partial charge on any atom is 0.216 e. The number of amides is 1. The topological polar surface area (TPSA) is 58.4 Å². The number of carbonyl (C=O) groups excluding carboxylic acids is 1. The maximum absolute atomic E-state index is 10.7. The van der Waals surface area contributed by atoms with Crippen molar-refractivity contribution in [1.29, 1.82) is 0 Å². The van der Waals surface area contributed by atoms with Gasteiger partial charge in [-0.05, 0) is 32.4 Å². The van der Waals surface area contributed by atoms with E-state index in [-0.39, 0.29) is 5.91 Å². The molecule has 2 unspecified atom stereocenters. The molecule has 1 rings (SSSR count). The van der Waals surface area contributed by atoms with Gasteiger partial charge in [-0.15, -0.1) is 0 Å². The molecule has 4 heteroatoms. The summed E-state index contributed by atoms with van der Waals surface area (Å²) in [6.45, 7) is 3.99. The number of nitrogens with zero attached hydrogens (tertiary/aromatic N) is 1. The molecule has 0 heterocycles. The first-order valence-electron chi connectivity index (χ1n) is 5.80. The number of likely N-dealkylation sites (N-methyl/N-ethyl adjacent to an activating group) is 1. The second-order valence-electron chi connectivity index (χ2n) is 4.46. The zero-order chi connectivity index (χ0) is 11.3. The van der Waals surface area contributed by atoms with Gasteiger partial charge in [0.25, 0.3) is 0 Å². The van der Waals surface area contributed by atoms with E-state index in [1.54, 1.807) is 6.92 Å². The van der Waals surface area contributed by atoms with Crippen molar-refractivity contribution < 1.29 is 4.79 Å². The highest BCUT2D eigenvalue weighted by Gasteiger charge is 2.28. The zero-order valence-electron chi connectivity index (χ0n) is 9.83. The normalized spacial score (nSPS) is 25.9. The Morgan fingerprint density at radius 2 is 2.27 bits per heavy atom. The van der Waals surface area contributed by atoms with Crippen LogP contribution >= 0.6 is 0 Å². The van der Waals surface area contributed by atoms with Crippen LogP contribution in [0.15, 0.2) is 0 Å². The standard InChI is InChI=1S/C11H23N3O/c1-9(15)13-6-7-14(2)11-5-3-4-10(11)8-12/h10-11H,3-8,12H2,1-2H3,(H,13,15). The summed E-state index contributed by atoms with van der Waals surface area (Å²) in [6.07, 6.45) is 3.79. The van der Waals surface area contributed by atoms with Gasteiger partial charge in [-0.2, -0.15) is 0 Å². The Morgan fingerprint density at radius 1 is 1.53 bits per heavy atom. The first-order chi connectivity index (χ1) is 7.15. The van der Waals surface area contributed by atoms with Gasteiger partial charge in [0.2, 0.25) is 5.91 Å². The van der Waals surface area contributed by atoms with Crippen molar-refractivity contribution in [1.82, 2.24) is 10.2 Å². The molecule has 1 amide bonds. The van der Waals surface area contributed by atoms with Crippen LogP contribution in [0.2, 0.25) is 0 Å². The van der Waals surface area contributed by atoms with Gasteiger partial charge >= 0.3 is 0 Å². The number of nitrogens with one attached hydrogen (secondary N) is 1. The molecular weight excluding hydrogens is 190 g/mol. The smallest absolute Gasteiger partial charge is 0.216 e. The summed E-state index contributed by atoms with van der Waals surface area (Å²) in [5, 5.41) is 2.82. The van der Waals surface area contributed by atoms with Crippen molar-refractivity contribution in [2.75, 3.05) is 26.7 Å². The molecule has 15 heavy (non-hydrogen) atoms. The minimum Gasteiger partial charge on any atom is -0.355 e. The Bertz CT molecular complexity index is 208. The maximum atomic E-state index is 10.7. The van der Waals surface area contributed by atoms with Gasteiger partial charge in [0.1, 0.15) is 0 Å². The highest BCUT2D eigenvalue weighted by Crippen LogP contribution is 2.28. The molecular formula is C11H23N3O. The summed E-state index contributed by atoms with van der Waals surface area (Å²) in [4.78, 5) is 13.1. The molecule has 0 bridgehead atoms. The Balaban J connectivity index is 2.26. The van der Waals surface area contributed by atoms with Gasteiger partial charge < -0.3 is 16.0 Å². The fourth-order valence-electron chi connectivity index (χ4n) is 2.45. The van der Waals surface area contributed by atoms with E-state index in [1.165, 1.54) is 19.3 Å². The number of carbonyl (C=O) groups is 1. The van der Waals surface area contributed by atoms with Crippen LogP contribution in [0.5, 0.6) is 0 Å². The summed E-state index contributed by atoms with van der Waals surface area (Å²) >= 11 is 0. The minimum atomic E-state index is 0.0465. The monoisotopic (exact) mass is 213 g/mol. The fourth-order valence-corrected chi connectivity index (χ4v) is 2.45. The number of hydrogen-bond acceptors (Lipinski definition) is 3. The lowest BCUT2D eigenvalue weighted by Gasteiger charge is -2.29. The molecule has 0 spiro atoms. The number of hydrogen-bond donors (Lipinski definition) is 2. The van der Waals surface area contributed by atoms with E-state index < -0.39 is 0 Å². The number of nitrogens with two attached hydrogens (primary N) is 1. The van der Waals surface area contributed by atoms with Crippen molar-refractivity contribution in [2.24, 2.45) is 11.7 Å². The lowest BCUT2D eigenvalue weighted by molar-refractivity contribution is -0.119. The predicted octanol–water partition coefficient (Wildman–Crippen LogP) is 0.182. The Labute approximate surface area is 92.2 Å². The van der Waals surface area contributed by atoms with E-state index in [2.05, 4.69) is 17.3 Å². The van der Waals surface area contributed by atoms with Crippen LogP contribution < -0.4 is 11.1 Å². The van der Waals surface area contributed by atoms with Crippen LogP contribution in [-0.4, -0.2) is 43.5 Å². The molecule has 1 fully saturated rings. The first kappa shape index (κ1) is 12.5. The van der Waals surface area contributed by atoms with E-state index in [0.29, 0.717) is 12.0 Å². The summed E-state index contributed by atoms with van der Waals surface area (Å²) < 4.78 is 0. The molecule has 2 atom stereocenters. The lowest BCUT2D eigenvalue weighted by atomic mass is 10.0.